The van der Waals surface area contributed by atoms with Crippen LogP contribution >= 0.6 is 11.8 Å². The van der Waals surface area contributed by atoms with Crippen molar-refractivity contribution < 1.29 is 0 Å². The van der Waals surface area contributed by atoms with E-state index >= 15 is 0 Å². The molecule has 0 aromatic heterocycles. The summed E-state index contributed by atoms with van der Waals surface area (Å²) in [6.45, 7) is 5.71. The Balaban J connectivity index is 2.75. The number of thioether (sulfide) groups is 1. The molecule has 0 saturated heterocycles. The van der Waals surface area contributed by atoms with Gasteiger partial charge in [0.25, 0.3) is 0 Å². The predicted molar refractivity (Wildman–Crippen MR) is 56.7 cm³/mol. The highest BCUT2D eigenvalue weighted by atomic mass is 32.2. The van der Waals surface area contributed by atoms with Gasteiger partial charge in [-0.2, -0.15) is 0 Å². The molecule has 0 heterocycles. The molecule has 0 N–H and O–H groups in total. The predicted octanol–water partition coefficient (Wildman–Crippen LogP) is 3.52. The molecule has 0 saturated carbocycles. The van der Waals surface area contributed by atoms with E-state index in [4.69, 9.17) is 0 Å². The van der Waals surface area contributed by atoms with E-state index in [1.165, 1.54) is 11.3 Å². The zero-order valence-electron chi connectivity index (χ0n) is 7.29. The third-order valence-electron chi connectivity index (χ3n) is 1.50. The van der Waals surface area contributed by atoms with E-state index in [9.17, 15) is 0 Å². The van der Waals surface area contributed by atoms with Crippen molar-refractivity contribution in [3.05, 3.63) is 24.3 Å². The van der Waals surface area contributed by atoms with Crippen LogP contribution in [0, 0.1) is 0 Å². The van der Waals surface area contributed by atoms with E-state index in [1.807, 2.05) is 30.0 Å². The fourth-order valence-electron chi connectivity index (χ4n) is 0.922. The molecule has 0 aliphatic carbocycles. The molecule has 1 aromatic carbocycles. The normalized spacial score (nSPS) is 9.75. The minimum atomic E-state index is 0.996. The van der Waals surface area contributed by atoms with Gasteiger partial charge >= 0.3 is 0 Å². The van der Waals surface area contributed by atoms with Crippen LogP contribution in [0.15, 0.2) is 34.2 Å². The van der Waals surface area contributed by atoms with Gasteiger partial charge in [0.1, 0.15) is 0 Å². The minimum Gasteiger partial charge on any atom is -0.263 e. The second-order valence-corrected chi connectivity index (χ2v) is 3.61. The highest BCUT2D eigenvalue weighted by Crippen LogP contribution is 2.28. The summed E-state index contributed by atoms with van der Waals surface area (Å²) in [4.78, 5) is 5.18. The molecule has 1 aromatic rings. The Labute approximate surface area is 77.9 Å². The molecule has 0 radical (unpaired) electrons. The van der Waals surface area contributed by atoms with Gasteiger partial charge in [0.05, 0.1) is 5.69 Å². The molecular weight excluding hydrogens is 166 g/mol. The number of hydrogen-bond acceptors (Lipinski definition) is 2. The van der Waals surface area contributed by atoms with Crippen molar-refractivity contribution in [2.24, 2.45) is 4.99 Å². The van der Waals surface area contributed by atoms with Crippen molar-refractivity contribution in [2.75, 3.05) is 5.75 Å². The lowest BCUT2D eigenvalue weighted by Crippen LogP contribution is -1.76. The van der Waals surface area contributed by atoms with Gasteiger partial charge in [-0.1, -0.05) is 19.1 Å². The van der Waals surface area contributed by atoms with Crippen molar-refractivity contribution in [1.29, 1.82) is 0 Å². The van der Waals surface area contributed by atoms with E-state index in [2.05, 4.69) is 24.7 Å². The standard InChI is InChI=1S/C10H13NS/c1-3-8-12-10-7-5-4-6-9(10)11-2/h4-7H,2-3,8H2,1H3. The summed E-state index contributed by atoms with van der Waals surface area (Å²) in [5.41, 5.74) is 0.996. The average molecular weight is 179 g/mol. The van der Waals surface area contributed by atoms with Gasteiger partial charge in [-0.15, -0.1) is 11.8 Å². The Morgan fingerprint density at radius 2 is 2.17 bits per heavy atom. The van der Waals surface area contributed by atoms with Crippen LogP contribution in [-0.2, 0) is 0 Å². The molecule has 0 spiro atoms. The Hall–Kier alpha value is -0.760. The summed E-state index contributed by atoms with van der Waals surface area (Å²) in [6.07, 6.45) is 1.19. The maximum absolute atomic E-state index is 3.95. The second kappa shape index (κ2) is 4.99. The molecule has 0 amide bonds. The van der Waals surface area contributed by atoms with Gasteiger partial charge in [0.2, 0.25) is 0 Å². The van der Waals surface area contributed by atoms with Crippen molar-refractivity contribution >= 4 is 24.2 Å². The largest absolute Gasteiger partial charge is 0.263 e. The first kappa shape index (κ1) is 9.33. The van der Waals surface area contributed by atoms with Gasteiger partial charge in [-0.3, -0.25) is 4.99 Å². The lowest BCUT2D eigenvalue weighted by atomic mass is 10.3. The molecule has 0 unspecified atom stereocenters. The smallest absolute Gasteiger partial charge is 0.0758 e. The van der Waals surface area contributed by atoms with Crippen LogP contribution in [0.2, 0.25) is 0 Å². The maximum atomic E-state index is 3.95. The van der Waals surface area contributed by atoms with Gasteiger partial charge < -0.3 is 0 Å². The zero-order chi connectivity index (χ0) is 8.81. The molecule has 0 aliphatic heterocycles. The first-order chi connectivity index (χ1) is 5.88. The molecule has 0 fully saturated rings. The summed E-state index contributed by atoms with van der Waals surface area (Å²) in [5.74, 6) is 1.15. The zero-order valence-corrected chi connectivity index (χ0v) is 8.10. The van der Waals surface area contributed by atoms with Crippen LogP contribution in [-0.4, -0.2) is 12.5 Å². The Bertz CT molecular complexity index is 258. The molecule has 1 rings (SSSR count). The van der Waals surface area contributed by atoms with Crippen molar-refractivity contribution in [1.82, 2.24) is 0 Å². The first-order valence-corrected chi connectivity index (χ1v) is 5.05. The number of hydrogen-bond donors (Lipinski definition) is 0. The average Bonchev–Trinajstić information content (AvgIpc) is 2.15. The molecule has 0 aliphatic rings. The van der Waals surface area contributed by atoms with Crippen molar-refractivity contribution in [3.8, 4) is 0 Å². The van der Waals surface area contributed by atoms with Crippen molar-refractivity contribution in [2.45, 2.75) is 18.2 Å². The Morgan fingerprint density at radius 3 is 2.83 bits per heavy atom. The first-order valence-electron chi connectivity index (χ1n) is 4.07. The molecule has 2 heteroatoms. The number of rotatable bonds is 4. The highest BCUT2D eigenvalue weighted by molar-refractivity contribution is 7.99. The van der Waals surface area contributed by atoms with Crippen LogP contribution < -0.4 is 0 Å². The van der Waals surface area contributed by atoms with E-state index in [1.54, 1.807) is 0 Å². The Morgan fingerprint density at radius 1 is 1.42 bits per heavy atom. The fourth-order valence-corrected chi connectivity index (χ4v) is 1.80. The number of nitrogens with zero attached hydrogens (tertiary/aromatic N) is 1. The third kappa shape index (κ3) is 2.38. The summed E-state index contributed by atoms with van der Waals surface area (Å²) < 4.78 is 0. The number of benzene rings is 1. The number of para-hydroxylation sites is 1. The minimum absolute atomic E-state index is 0.996. The summed E-state index contributed by atoms with van der Waals surface area (Å²) in [7, 11) is 0. The van der Waals surface area contributed by atoms with E-state index in [0.717, 1.165) is 11.4 Å². The van der Waals surface area contributed by atoms with Crippen molar-refractivity contribution in [3.63, 3.8) is 0 Å². The lowest BCUT2D eigenvalue weighted by molar-refractivity contribution is 1.10. The number of aliphatic imine (C=N–C) groups is 1. The molecule has 12 heavy (non-hydrogen) atoms. The summed E-state index contributed by atoms with van der Waals surface area (Å²) in [6, 6.07) is 8.10. The van der Waals surface area contributed by atoms with Crippen LogP contribution in [0.5, 0.6) is 0 Å². The van der Waals surface area contributed by atoms with Gasteiger partial charge in [0.15, 0.2) is 0 Å². The molecule has 64 valence electrons. The fraction of sp³-hybridized carbons (Fsp3) is 0.300. The molecule has 1 nitrogen and oxygen atoms in total. The van der Waals surface area contributed by atoms with E-state index in [-0.39, 0.29) is 0 Å². The van der Waals surface area contributed by atoms with E-state index < -0.39 is 0 Å². The van der Waals surface area contributed by atoms with Gasteiger partial charge in [-0.25, -0.2) is 0 Å². The third-order valence-corrected chi connectivity index (χ3v) is 2.77. The Kier molecular flexibility index (Phi) is 3.88. The maximum Gasteiger partial charge on any atom is 0.0758 e. The molecule has 0 atom stereocenters. The second-order valence-electron chi connectivity index (χ2n) is 2.47. The monoisotopic (exact) mass is 179 g/mol. The SMILES string of the molecule is C=Nc1ccccc1SCCC. The van der Waals surface area contributed by atoms with Crippen LogP contribution in [0.1, 0.15) is 13.3 Å². The molecular formula is C10H13NS. The highest BCUT2D eigenvalue weighted by Gasteiger charge is 1.97. The van der Waals surface area contributed by atoms with Crippen LogP contribution in [0.4, 0.5) is 5.69 Å². The quantitative estimate of drug-likeness (QED) is 0.509. The van der Waals surface area contributed by atoms with Crippen LogP contribution in [0.25, 0.3) is 0 Å². The van der Waals surface area contributed by atoms with Crippen LogP contribution in [0.3, 0.4) is 0 Å². The topological polar surface area (TPSA) is 12.4 Å². The van der Waals surface area contributed by atoms with E-state index in [0.29, 0.717) is 0 Å². The lowest BCUT2D eigenvalue weighted by Gasteiger charge is -2.02. The van der Waals surface area contributed by atoms with Gasteiger partial charge in [0, 0.05) is 4.90 Å². The summed E-state index contributed by atoms with van der Waals surface area (Å²) in [5, 5.41) is 0. The summed E-state index contributed by atoms with van der Waals surface area (Å²) >= 11 is 1.84. The van der Waals surface area contributed by atoms with Gasteiger partial charge in [-0.05, 0) is 31.0 Å². The molecule has 0 bridgehead atoms.